The van der Waals surface area contributed by atoms with E-state index in [0.29, 0.717) is 13.1 Å². The lowest BCUT2D eigenvalue weighted by Gasteiger charge is -2.30. The predicted octanol–water partition coefficient (Wildman–Crippen LogP) is 9.21. The SMILES string of the molecule is COC(=O)N[C@H](C(=O)N1CCC[C@H]1c1ncc(-c2ccc(-c3ccc(-c4ccc5nc([C@@H]6CCCN6C(=O)[C@@H](NC(=O)OC)C(C)C)[nH]c5c4)c4c(C)ccc(C)c34)s2)[nH]1)C(C)C. The molecule has 330 valence electrons. The molecule has 0 radical (unpaired) electrons. The van der Waals surface area contributed by atoms with Gasteiger partial charge in [0.1, 0.15) is 23.7 Å². The van der Waals surface area contributed by atoms with Crippen molar-refractivity contribution in [2.75, 3.05) is 27.3 Å². The first-order valence-electron chi connectivity index (χ1n) is 21.8. The van der Waals surface area contributed by atoms with E-state index in [1.54, 1.807) is 11.3 Å². The van der Waals surface area contributed by atoms with Crippen LogP contribution in [0.5, 0.6) is 0 Å². The minimum absolute atomic E-state index is 0.114. The van der Waals surface area contributed by atoms with Crippen molar-refractivity contribution < 1.29 is 28.7 Å². The summed E-state index contributed by atoms with van der Waals surface area (Å²) in [6.07, 6.45) is 3.83. The molecule has 4 atom stereocenters. The highest BCUT2D eigenvalue weighted by atomic mass is 32.1. The number of aromatic amines is 2. The fourth-order valence-corrected chi connectivity index (χ4v) is 10.3. The number of imidazole rings is 2. The van der Waals surface area contributed by atoms with Crippen LogP contribution in [-0.2, 0) is 19.1 Å². The molecule has 4 N–H and O–H groups in total. The van der Waals surface area contributed by atoms with E-state index < -0.39 is 24.3 Å². The summed E-state index contributed by atoms with van der Waals surface area (Å²) in [7, 11) is 2.59. The molecular weight excluding hydrogens is 817 g/mol. The van der Waals surface area contributed by atoms with Gasteiger partial charge in [0.2, 0.25) is 11.8 Å². The van der Waals surface area contributed by atoms with Crippen LogP contribution in [0.25, 0.3) is 53.9 Å². The van der Waals surface area contributed by atoms with Gasteiger partial charge in [-0.05, 0) is 114 Å². The van der Waals surface area contributed by atoms with E-state index in [0.717, 1.165) is 80.5 Å². The lowest BCUT2D eigenvalue weighted by atomic mass is 9.89. The quantitative estimate of drug-likeness (QED) is 0.0997. The monoisotopic (exact) mass is 872 g/mol. The van der Waals surface area contributed by atoms with Crippen LogP contribution in [0.1, 0.15) is 88.2 Å². The predicted molar refractivity (Wildman–Crippen MR) is 245 cm³/mol. The van der Waals surface area contributed by atoms with Crippen LogP contribution in [0, 0.1) is 25.7 Å². The second-order valence-corrected chi connectivity index (χ2v) is 18.5. The molecule has 4 amide bonds. The van der Waals surface area contributed by atoms with E-state index in [1.165, 1.54) is 36.1 Å². The molecule has 2 aliphatic heterocycles. The van der Waals surface area contributed by atoms with E-state index >= 15 is 0 Å². The first-order chi connectivity index (χ1) is 30.3. The van der Waals surface area contributed by atoms with Gasteiger partial charge in [-0.15, -0.1) is 11.3 Å². The number of aryl methyl sites for hydroxylation is 2. The van der Waals surface area contributed by atoms with Crippen molar-refractivity contribution in [2.24, 2.45) is 11.8 Å². The largest absolute Gasteiger partial charge is 0.453 e. The summed E-state index contributed by atoms with van der Waals surface area (Å²) in [5, 5.41) is 7.83. The van der Waals surface area contributed by atoms with Crippen molar-refractivity contribution in [3.8, 4) is 32.1 Å². The van der Waals surface area contributed by atoms with Crippen molar-refractivity contribution in [1.29, 1.82) is 0 Å². The van der Waals surface area contributed by atoms with E-state index in [-0.39, 0.29) is 35.7 Å². The number of nitrogens with zero attached hydrogens (tertiary/aromatic N) is 4. The summed E-state index contributed by atoms with van der Waals surface area (Å²) in [5.74, 6) is 0.960. The number of fused-ring (bicyclic) bond motifs is 2. The molecule has 14 nitrogen and oxygen atoms in total. The van der Waals surface area contributed by atoms with Gasteiger partial charge in [0.25, 0.3) is 0 Å². The van der Waals surface area contributed by atoms with E-state index in [1.807, 2.05) is 49.8 Å². The molecule has 63 heavy (non-hydrogen) atoms. The van der Waals surface area contributed by atoms with E-state index in [9.17, 15) is 19.2 Å². The lowest BCUT2D eigenvalue weighted by Crippen LogP contribution is -2.51. The van der Waals surface area contributed by atoms with Gasteiger partial charge in [0.05, 0.1) is 54.1 Å². The van der Waals surface area contributed by atoms with Crippen LogP contribution < -0.4 is 10.6 Å². The lowest BCUT2D eigenvalue weighted by molar-refractivity contribution is -0.136. The Bertz CT molecular complexity index is 2700. The maximum Gasteiger partial charge on any atom is 0.407 e. The maximum absolute atomic E-state index is 13.8. The summed E-state index contributed by atoms with van der Waals surface area (Å²) in [6, 6.07) is 17.5. The minimum Gasteiger partial charge on any atom is -0.453 e. The highest BCUT2D eigenvalue weighted by molar-refractivity contribution is 7.18. The number of nitrogens with one attached hydrogen (secondary N) is 4. The summed E-state index contributed by atoms with van der Waals surface area (Å²) < 4.78 is 9.61. The molecule has 8 rings (SSSR count). The fraction of sp³-hybridized carbons (Fsp3) is 0.417. The van der Waals surface area contributed by atoms with Gasteiger partial charge >= 0.3 is 12.2 Å². The fourth-order valence-electron chi connectivity index (χ4n) is 9.28. The van der Waals surface area contributed by atoms with Gasteiger partial charge in [0.15, 0.2) is 0 Å². The number of likely N-dealkylation sites (tertiary alicyclic amines) is 2. The van der Waals surface area contributed by atoms with Gasteiger partial charge in [-0.2, -0.15) is 0 Å². The summed E-state index contributed by atoms with van der Waals surface area (Å²) >= 11 is 1.70. The smallest absolute Gasteiger partial charge is 0.407 e. The number of carbonyl (C=O) groups is 4. The van der Waals surface area contributed by atoms with Gasteiger partial charge in [0, 0.05) is 18.0 Å². The molecule has 2 fully saturated rings. The van der Waals surface area contributed by atoms with Crippen LogP contribution in [0.3, 0.4) is 0 Å². The van der Waals surface area contributed by atoms with Crippen LogP contribution in [0.4, 0.5) is 9.59 Å². The molecule has 15 heteroatoms. The average Bonchev–Trinajstić information content (AvgIpc) is 4.13. The van der Waals surface area contributed by atoms with Gasteiger partial charge in [-0.3, -0.25) is 9.59 Å². The van der Waals surface area contributed by atoms with Crippen LogP contribution in [0.15, 0.2) is 60.8 Å². The molecule has 6 aromatic rings. The number of rotatable bonds is 11. The zero-order chi connectivity index (χ0) is 44.7. The summed E-state index contributed by atoms with van der Waals surface area (Å²) in [4.78, 5) is 74.4. The van der Waals surface area contributed by atoms with Crippen LogP contribution in [-0.4, -0.2) is 93.1 Å². The Balaban J connectivity index is 1.06. The third-order valence-electron chi connectivity index (χ3n) is 12.6. The highest BCUT2D eigenvalue weighted by Gasteiger charge is 2.39. The van der Waals surface area contributed by atoms with Crippen molar-refractivity contribution in [3.05, 3.63) is 83.6 Å². The molecule has 3 aromatic carbocycles. The zero-order valence-corrected chi connectivity index (χ0v) is 37.9. The number of methoxy groups -OCH3 is 2. The third-order valence-corrected chi connectivity index (χ3v) is 13.8. The normalized spacial score (nSPS) is 17.5. The zero-order valence-electron chi connectivity index (χ0n) is 37.1. The second kappa shape index (κ2) is 17.9. The molecule has 0 saturated carbocycles. The summed E-state index contributed by atoms with van der Waals surface area (Å²) in [5.41, 5.74) is 8.27. The van der Waals surface area contributed by atoms with Gasteiger partial charge < -0.3 is 39.9 Å². The molecule has 3 aromatic heterocycles. The molecule has 5 heterocycles. The van der Waals surface area contributed by atoms with E-state index in [4.69, 9.17) is 19.4 Å². The Kier molecular flexibility index (Phi) is 12.3. The van der Waals surface area contributed by atoms with Gasteiger partial charge in [-0.1, -0.05) is 58.0 Å². The molecule has 0 aliphatic carbocycles. The molecule has 2 saturated heterocycles. The Hall–Kier alpha value is -6.22. The number of ether oxygens (including phenoxy) is 2. The molecule has 2 aliphatic rings. The Morgan fingerprint density at radius 1 is 0.714 bits per heavy atom. The minimum atomic E-state index is -0.703. The average molecular weight is 873 g/mol. The summed E-state index contributed by atoms with van der Waals surface area (Å²) in [6.45, 7) is 13.1. The Morgan fingerprint density at radius 2 is 1.27 bits per heavy atom. The molecule has 0 spiro atoms. The van der Waals surface area contributed by atoms with Crippen molar-refractivity contribution >= 4 is 57.1 Å². The Morgan fingerprint density at radius 3 is 1.86 bits per heavy atom. The number of hydrogen-bond acceptors (Lipinski definition) is 9. The molecule has 0 unspecified atom stereocenters. The topological polar surface area (TPSA) is 175 Å². The van der Waals surface area contributed by atoms with Crippen molar-refractivity contribution in [2.45, 2.75) is 91.4 Å². The van der Waals surface area contributed by atoms with Crippen molar-refractivity contribution in [1.82, 2.24) is 40.4 Å². The van der Waals surface area contributed by atoms with Crippen LogP contribution in [0.2, 0.25) is 0 Å². The third kappa shape index (κ3) is 8.38. The first-order valence-corrected chi connectivity index (χ1v) is 22.6. The molecule has 0 bridgehead atoms. The van der Waals surface area contributed by atoms with Gasteiger partial charge in [-0.25, -0.2) is 19.6 Å². The highest BCUT2D eigenvalue weighted by Crippen LogP contribution is 2.44. The number of amides is 4. The number of H-pyrrole nitrogens is 2. The second-order valence-electron chi connectivity index (χ2n) is 17.4. The first kappa shape index (κ1) is 43.4. The maximum atomic E-state index is 13.8. The van der Waals surface area contributed by atoms with Crippen LogP contribution >= 0.6 is 11.3 Å². The van der Waals surface area contributed by atoms with Crippen molar-refractivity contribution in [3.63, 3.8) is 0 Å². The Labute approximate surface area is 371 Å². The number of aromatic nitrogens is 4. The number of benzene rings is 3. The number of carbonyl (C=O) groups excluding carboxylic acids is 4. The number of hydrogen-bond donors (Lipinski definition) is 4. The standard InChI is InChI=1S/C48H56N8O6S/c1-25(2)41(53-47(59)61-7)45(57)55-21-9-11-35(55)43-49-24-34(52-43)38-20-19-37(63-38)31-17-16-30(39-27(5)13-14-28(6)40(31)39)29-15-18-32-33(23-29)51-44(50-32)36-12-10-22-56(36)46(58)42(26(3)4)54-48(60)62-8/h13-20,23-26,35-36,41-42H,9-12,21-22H2,1-8H3,(H,49,52)(H,50,51)(H,53,59)(H,54,60)/t35-,36-,41-,42-/m0/s1. The number of alkyl carbamates (subject to hydrolysis) is 2. The molecular formula is C48H56N8O6S. The van der Waals surface area contributed by atoms with E-state index in [2.05, 4.69) is 83.0 Å². The number of thiophene rings is 1.